The molecule has 182 valence electrons. The van der Waals surface area contributed by atoms with Gasteiger partial charge in [-0.15, -0.1) is 11.3 Å². The average molecular weight is 506 g/mol. The van der Waals surface area contributed by atoms with Crippen molar-refractivity contribution in [2.24, 2.45) is 7.05 Å². The van der Waals surface area contributed by atoms with Gasteiger partial charge in [-0.05, 0) is 30.7 Å². The third-order valence-corrected chi connectivity index (χ3v) is 6.54. The Balaban J connectivity index is 1.40. The number of nitrogens with one attached hydrogen (secondary N) is 1. The Labute approximate surface area is 207 Å². The van der Waals surface area contributed by atoms with E-state index in [4.69, 9.17) is 0 Å². The van der Waals surface area contributed by atoms with Crippen molar-refractivity contribution in [3.8, 4) is 10.6 Å². The number of halogens is 1. The second kappa shape index (κ2) is 9.30. The number of hydrogen-bond donors (Lipinski definition) is 1. The van der Waals surface area contributed by atoms with Crippen molar-refractivity contribution in [2.45, 2.75) is 20.0 Å². The van der Waals surface area contributed by atoms with Crippen LogP contribution < -0.4 is 16.6 Å². The summed E-state index contributed by atoms with van der Waals surface area (Å²) in [5.41, 5.74) is 0.890. The lowest BCUT2D eigenvalue weighted by Gasteiger charge is -2.09. The number of imidazole rings is 1. The van der Waals surface area contributed by atoms with Gasteiger partial charge in [0.2, 0.25) is 5.91 Å². The molecule has 4 aromatic heterocycles. The Morgan fingerprint density at radius 3 is 2.75 bits per heavy atom. The lowest BCUT2D eigenvalue weighted by atomic mass is 10.1. The average Bonchev–Trinajstić information content (AvgIpc) is 3.50. The molecule has 36 heavy (non-hydrogen) atoms. The minimum Gasteiger partial charge on any atom is -0.315 e. The molecule has 5 rings (SSSR count). The number of benzene rings is 1. The van der Waals surface area contributed by atoms with E-state index in [9.17, 15) is 18.8 Å². The minimum atomic E-state index is -0.568. The molecule has 0 aliphatic carbocycles. The van der Waals surface area contributed by atoms with Gasteiger partial charge in [0, 0.05) is 24.2 Å². The highest BCUT2D eigenvalue weighted by Crippen LogP contribution is 2.27. The highest BCUT2D eigenvalue weighted by Gasteiger charge is 2.18. The summed E-state index contributed by atoms with van der Waals surface area (Å²) < 4.78 is 17.6. The molecule has 5 aromatic rings. The van der Waals surface area contributed by atoms with Crippen LogP contribution in [0.3, 0.4) is 0 Å². The molecular weight excluding hydrogens is 485 g/mol. The van der Waals surface area contributed by atoms with E-state index < -0.39 is 17.2 Å². The van der Waals surface area contributed by atoms with Gasteiger partial charge in [-0.2, -0.15) is 0 Å². The number of aryl methyl sites for hydroxylation is 2. The van der Waals surface area contributed by atoms with Gasteiger partial charge in [0.25, 0.3) is 5.56 Å². The van der Waals surface area contributed by atoms with Gasteiger partial charge < -0.3 is 9.88 Å². The van der Waals surface area contributed by atoms with Gasteiger partial charge in [0.05, 0.1) is 18.6 Å². The second-order valence-electron chi connectivity index (χ2n) is 8.15. The van der Waals surface area contributed by atoms with Crippen LogP contribution in [-0.2, 0) is 24.9 Å². The van der Waals surface area contributed by atoms with E-state index in [2.05, 4.69) is 20.3 Å². The third kappa shape index (κ3) is 4.33. The topological polar surface area (TPSA) is 117 Å². The number of nitrogens with zero attached hydrogens (tertiary/aromatic N) is 6. The number of pyridine rings is 1. The Morgan fingerprint density at radius 1 is 1.17 bits per heavy atom. The van der Waals surface area contributed by atoms with Gasteiger partial charge in [0.15, 0.2) is 11.2 Å². The number of carbonyl (C=O) groups is 1. The maximum absolute atomic E-state index is 13.9. The van der Waals surface area contributed by atoms with E-state index in [0.717, 1.165) is 4.57 Å². The van der Waals surface area contributed by atoms with Crippen molar-refractivity contribution in [1.82, 2.24) is 28.7 Å². The Morgan fingerprint density at radius 2 is 2.00 bits per heavy atom. The summed E-state index contributed by atoms with van der Waals surface area (Å²) >= 11 is 1.27. The molecule has 0 aliphatic rings. The standard InChI is InChI=1S/C24H20FN7O3S/c1-14-6-7-15(9-17(14)25)22-29-18(12-36-22)28-19(33)11-31-13-27-21-20(31)23(34)32(24(35)30(21)2)10-16-5-3-4-8-26-16/h3-9,12-13H,10-11H2,1-2H3,(H,28,33). The number of thiazole rings is 1. The van der Waals surface area contributed by atoms with Crippen molar-refractivity contribution >= 4 is 34.2 Å². The molecule has 12 heteroatoms. The lowest BCUT2D eigenvalue weighted by Crippen LogP contribution is -2.40. The van der Waals surface area contributed by atoms with Crippen LogP contribution in [0.1, 0.15) is 11.3 Å². The summed E-state index contributed by atoms with van der Waals surface area (Å²) in [4.78, 5) is 51.5. The zero-order valence-electron chi connectivity index (χ0n) is 19.3. The molecule has 0 radical (unpaired) electrons. The van der Waals surface area contributed by atoms with Crippen LogP contribution in [0.15, 0.2) is 63.9 Å². The fourth-order valence-corrected chi connectivity index (χ4v) is 4.51. The van der Waals surface area contributed by atoms with Crippen LogP contribution in [0.4, 0.5) is 10.2 Å². The molecule has 0 unspecified atom stereocenters. The minimum absolute atomic E-state index is 0.0130. The first kappa shape index (κ1) is 23.3. The molecule has 10 nitrogen and oxygen atoms in total. The molecule has 0 bridgehead atoms. The Bertz CT molecular complexity index is 1720. The van der Waals surface area contributed by atoms with Crippen molar-refractivity contribution in [1.29, 1.82) is 0 Å². The summed E-state index contributed by atoms with van der Waals surface area (Å²) in [5, 5.41) is 4.90. The number of amides is 1. The van der Waals surface area contributed by atoms with Gasteiger partial charge in [-0.1, -0.05) is 18.2 Å². The fraction of sp³-hybridized carbons (Fsp3) is 0.167. The van der Waals surface area contributed by atoms with Gasteiger partial charge in [0.1, 0.15) is 23.2 Å². The summed E-state index contributed by atoms with van der Waals surface area (Å²) in [6.45, 7) is 1.44. The van der Waals surface area contributed by atoms with E-state index in [1.54, 1.807) is 48.8 Å². The largest absolute Gasteiger partial charge is 0.332 e. The van der Waals surface area contributed by atoms with Crippen LogP contribution >= 0.6 is 11.3 Å². The predicted molar refractivity (Wildman–Crippen MR) is 133 cm³/mol. The van der Waals surface area contributed by atoms with Gasteiger partial charge in [-0.3, -0.25) is 23.7 Å². The summed E-state index contributed by atoms with van der Waals surface area (Å²) in [7, 11) is 1.52. The molecule has 4 heterocycles. The van der Waals surface area contributed by atoms with Crippen LogP contribution in [0, 0.1) is 12.7 Å². The van der Waals surface area contributed by atoms with Crippen molar-refractivity contribution in [3.05, 3.63) is 92.2 Å². The maximum Gasteiger partial charge on any atom is 0.332 e. The summed E-state index contributed by atoms with van der Waals surface area (Å²) in [5.74, 6) is -0.459. The molecule has 1 aromatic carbocycles. The number of hydrogen-bond acceptors (Lipinski definition) is 7. The van der Waals surface area contributed by atoms with E-state index in [1.807, 2.05) is 0 Å². The molecule has 0 aliphatic heterocycles. The molecule has 0 atom stereocenters. The SMILES string of the molecule is Cc1ccc(-c2nc(NC(=O)Cn3cnc4c3c(=O)n(Cc3ccccn3)c(=O)n4C)cs2)cc1F. The van der Waals surface area contributed by atoms with E-state index in [-0.39, 0.29) is 30.1 Å². The smallest absolute Gasteiger partial charge is 0.315 e. The number of anilines is 1. The normalized spacial score (nSPS) is 11.2. The fourth-order valence-electron chi connectivity index (χ4n) is 3.76. The second-order valence-corrected chi connectivity index (χ2v) is 9.01. The Hall–Kier alpha value is -4.45. The van der Waals surface area contributed by atoms with Crippen LogP contribution in [0.5, 0.6) is 0 Å². The van der Waals surface area contributed by atoms with Crippen LogP contribution in [0.2, 0.25) is 0 Å². The van der Waals surface area contributed by atoms with Crippen LogP contribution in [0.25, 0.3) is 21.7 Å². The quantitative estimate of drug-likeness (QED) is 0.379. The maximum atomic E-state index is 13.9. The first-order valence-corrected chi connectivity index (χ1v) is 11.8. The number of aromatic nitrogens is 6. The van der Waals surface area contributed by atoms with Crippen molar-refractivity contribution < 1.29 is 9.18 Å². The third-order valence-electron chi connectivity index (χ3n) is 5.65. The zero-order chi connectivity index (χ0) is 25.4. The van der Waals surface area contributed by atoms with Crippen LogP contribution in [-0.4, -0.2) is 34.6 Å². The monoisotopic (exact) mass is 505 g/mol. The molecule has 0 spiro atoms. The number of carbonyl (C=O) groups excluding carboxylic acids is 1. The molecule has 0 saturated heterocycles. The molecule has 0 saturated carbocycles. The number of rotatable bonds is 6. The first-order chi connectivity index (χ1) is 17.3. The van der Waals surface area contributed by atoms with Gasteiger partial charge in [-0.25, -0.2) is 19.2 Å². The number of fused-ring (bicyclic) bond motifs is 1. The highest BCUT2D eigenvalue weighted by molar-refractivity contribution is 7.13. The van der Waals surface area contributed by atoms with E-state index >= 15 is 0 Å². The van der Waals surface area contributed by atoms with Gasteiger partial charge >= 0.3 is 5.69 Å². The molecule has 1 N–H and O–H groups in total. The van der Waals surface area contributed by atoms with E-state index in [1.165, 1.54) is 39.9 Å². The van der Waals surface area contributed by atoms with E-state index in [0.29, 0.717) is 27.6 Å². The lowest BCUT2D eigenvalue weighted by molar-refractivity contribution is -0.116. The first-order valence-electron chi connectivity index (χ1n) is 10.9. The summed E-state index contributed by atoms with van der Waals surface area (Å²) in [6, 6.07) is 10.1. The predicted octanol–water partition coefficient (Wildman–Crippen LogP) is 2.55. The summed E-state index contributed by atoms with van der Waals surface area (Å²) in [6.07, 6.45) is 2.93. The molecule has 0 fully saturated rings. The van der Waals surface area contributed by atoms with Crippen molar-refractivity contribution in [3.63, 3.8) is 0 Å². The zero-order valence-corrected chi connectivity index (χ0v) is 20.1. The Kier molecular flexibility index (Phi) is 6.02. The van der Waals surface area contributed by atoms with Crippen molar-refractivity contribution in [2.75, 3.05) is 5.32 Å². The molecule has 1 amide bonds. The molecular formula is C24H20FN7O3S. The highest BCUT2D eigenvalue weighted by atomic mass is 32.1.